The molecular formula is C24H20N6O4. The van der Waals surface area contributed by atoms with Gasteiger partial charge in [-0.15, -0.1) is 5.10 Å². The maximum atomic E-state index is 12.7. The number of para-hydroxylation sites is 1. The molecule has 3 heterocycles. The molecule has 10 heteroatoms. The standard InChI is InChI=1S/C24H20N6O4/c1-11-8-15(31)18-17(33-11)10-16-13(21(18)32-2)9-14(24(28)34-16)20(25)19-22(26)29-30(23(19)27)12-6-4-3-5-7-12/h3-10,25,28H,27H2,1-2H3,(H2,26,29). The van der Waals surface area contributed by atoms with E-state index in [0.717, 1.165) is 0 Å². The summed E-state index contributed by atoms with van der Waals surface area (Å²) >= 11 is 0. The number of hydrogen-bond acceptors (Lipinski definition) is 9. The highest BCUT2D eigenvalue weighted by Crippen LogP contribution is 2.34. The van der Waals surface area contributed by atoms with Gasteiger partial charge in [0, 0.05) is 12.1 Å². The zero-order valence-electron chi connectivity index (χ0n) is 18.3. The van der Waals surface area contributed by atoms with Gasteiger partial charge in [-0.2, -0.15) is 0 Å². The number of nitrogens with two attached hydrogens (primary N) is 2. The molecule has 5 rings (SSSR count). The summed E-state index contributed by atoms with van der Waals surface area (Å²) in [4.78, 5) is 12.7. The second-order valence-corrected chi connectivity index (χ2v) is 7.67. The van der Waals surface area contributed by atoms with E-state index in [1.165, 1.54) is 23.9 Å². The molecule has 0 bridgehead atoms. The number of hydrogen-bond donors (Lipinski definition) is 4. The van der Waals surface area contributed by atoms with Crippen LogP contribution in [0.25, 0.3) is 27.6 Å². The number of aryl methyl sites for hydroxylation is 1. The number of rotatable bonds is 4. The van der Waals surface area contributed by atoms with Gasteiger partial charge in [0.05, 0.1) is 35.0 Å². The molecule has 10 nitrogen and oxygen atoms in total. The van der Waals surface area contributed by atoms with Crippen molar-refractivity contribution in [3.63, 3.8) is 0 Å². The van der Waals surface area contributed by atoms with Crippen LogP contribution in [0.3, 0.4) is 0 Å². The average Bonchev–Trinajstić information content (AvgIpc) is 3.11. The average molecular weight is 456 g/mol. The Morgan fingerprint density at radius 1 is 1.09 bits per heavy atom. The molecule has 0 radical (unpaired) electrons. The van der Waals surface area contributed by atoms with Gasteiger partial charge in [0.25, 0.3) is 0 Å². The van der Waals surface area contributed by atoms with Crippen LogP contribution < -0.4 is 27.2 Å². The molecule has 0 amide bonds. The molecule has 0 saturated carbocycles. The third-order valence-corrected chi connectivity index (χ3v) is 5.52. The summed E-state index contributed by atoms with van der Waals surface area (Å²) in [5.41, 5.74) is 13.2. The van der Waals surface area contributed by atoms with Crippen LogP contribution in [0.1, 0.15) is 16.9 Å². The Kier molecular flexibility index (Phi) is 4.71. The van der Waals surface area contributed by atoms with Crippen LogP contribution in [0.2, 0.25) is 0 Å². The highest BCUT2D eigenvalue weighted by molar-refractivity contribution is 6.17. The van der Waals surface area contributed by atoms with Crippen LogP contribution in [-0.4, -0.2) is 22.6 Å². The van der Waals surface area contributed by atoms with Gasteiger partial charge < -0.3 is 25.0 Å². The minimum atomic E-state index is -0.292. The molecule has 170 valence electrons. The fraction of sp³-hybridized carbons (Fsp3) is 0.0833. The lowest BCUT2D eigenvalue weighted by molar-refractivity contribution is 0.421. The number of methoxy groups -OCH3 is 1. The molecule has 0 saturated heterocycles. The van der Waals surface area contributed by atoms with Gasteiger partial charge in [-0.25, -0.2) is 4.68 Å². The van der Waals surface area contributed by atoms with Crippen molar-refractivity contribution in [1.29, 1.82) is 10.8 Å². The van der Waals surface area contributed by atoms with Gasteiger partial charge in [0.1, 0.15) is 33.9 Å². The molecule has 5 aromatic rings. The van der Waals surface area contributed by atoms with Crippen molar-refractivity contribution in [2.45, 2.75) is 6.92 Å². The zero-order valence-corrected chi connectivity index (χ0v) is 18.3. The summed E-state index contributed by atoms with van der Waals surface area (Å²) in [7, 11) is 1.42. The first kappa shape index (κ1) is 21.0. The molecule has 0 spiro atoms. The largest absolute Gasteiger partial charge is 0.495 e. The Labute approximate surface area is 192 Å². The van der Waals surface area contributed by atoms with Crippen molar-refractivity contribution in [3.8, 4) is 11.4 Å². The smallest absolute Gasteiger partial charge is 0.221 e. The number of nitrogen functional groups attached to an aromatic ring is 2. The summed E-state index contributed by atoms with van der Waals surface area (Å²) in [5.74, 6) is 0.840. The predicted octanol–water partition coefficient (Wildman–Crippen LogP) is 3.10. The van der Waals surface area contributed by atoms with Crippen molar-refractivity contribution in [3.05, 3.63) is 81.2 Å². The van der Waals surface area contributed by atoms with E-state index in [0.29, 0.717) is 16.8 Å². The maximum Gasteiger partial charge on any atom is 0.221 e. The Morgan fingerprint density at radius 3 is 2.53 bits per heavy atom. The van der Waals surface area contributed by atoms with E-state index < -0.39 is 0 Å². The van der Waals surface area contributed by atoms with Gasteiger partial charge in [-0.1, -0.05) is 18.2 Å². The van der Waals surface area contributed by atoms with Gasteiger partial charge in [-0.3, -0.25) is 15.6 Å². The zero-order chi connectivity index (χ0) is 24.1. The van der Waals surface area contributed by atoms with Gasteiger partial charge in [-0.05, 0) is 25.1 Å². The van der Waals surface area contributed by atoms with E-state index in [1.54, 1.807) is 25.1 Å². The molecule has 3 aromatic heterocycles. The Hall–Kier alpha value is -4.86. The molecule has 0 aliphatic rings. The SMILES string of the molecule is COc1c2cc(C(=N)c3c(N)nn(-c4ccccc4)c3N)c(=N)oc2cc2oc(C)cc(=O)c12. The summed E-state index contributed by atoms with van der Waals surface area (Å²) in [6.45, 7) is 1.67. The molecule has 6 N–H and O–H groups in total. The fourth-order valence-electron chi connectivity index (χ4n) is 4.00. The first-order valence-electron chi connectivity index (χ1n) is 10.2. The van der Waals surface area contributed by atoms with Crippen LogP contribution in [0.5, 0.6) is 5.75 Å². The summed E-state index contributed by atoms with van der Waals surface area (Å²) < 4.78 is 18.3. The molecule has 0 atom stereocenters. The normalized spacial score (nSPS) is 11.2. The van der Waals surface area contributed by atoms with Crippen LogP contribution in [0, 0.1) is 17.7 Å². The van der Waals surface area contributed by atoms with E-state index >= 15 is 0 Å². The number of ether oxygens (including phenoxy) is 1. The lowest BCUT2D eigenvalue weighted by atomic mass is 10.0. The van der Waals surface area contributed by atoms with Gasteiger partial charge in [0.15, 0.2) is 11.2 Å². The lowest BCUT2D eigenvalue weighted by Gasteiger charge is -2.11. The predicted molar refractivity (Wildman–Crippen MR) is 128 cm³/mol. The third kappa shape index (κ3) is 3.12. The molecule has 0 aliphatic carbocycles. The molecule has 2 aromatic carbocycles. The second-order valence-electron chi connectivity index (χ2n) is 7.67. The van der Waals surface area contributed by atoms with Crippen molar-refractivity contribution in [1.82, 2.24) is 9.78 Å². The number of aromatic nitrogens is 2. The lowest BCUT2D eigenvalue weighted by Crippen LogP contribution is -2.17. The Morgan fingerprint density at radius 2 is 1.82 bits per heavy atom. The quantitative estimate of drug-likeness (QED) is 0.238. The maximum absolute atomic E-state index is 12.7. The van der Waals surface area contributed by atoms with Gasteiger partial charge in [0.2, 0.25) is 5.55 Å². The van der Waals surface area contributed by atoms with E-state index in [4.69, 9.17) is 35.9 Å². The van der Waals surface area contributed by atoms with Crippen molar-refractivity contribution >= 4 is 39.3 Å². The Balaban J connectivity index is 1.74. The summed E-state index contributed by atoms with van der Waals surface area (Å²) in [6.07, 6.45) is 0. The number of anilines is 2. The fourth-order valence-corrected chi connectivity index (χ4v) is 4.00. The molecular weight excluding hydrogens is 436 g/mol. The van der Waals surface area contributed by atoms with Crippen molar-refractivity contribution < 1.29 is 13.6 Å². The minimum absolute atomic E-state index is 0.0347. The first-order valence-corrected chi connectivity index (χ1v) is 10.2. The number of nitrogens with one attached hydrogen (secondary N) is 2. The number of nitrogens with zero attached hydrogens (tertiary/aromatic N) is 2. The minimum Gasteiger partial charge on any atom is -0.495 e. The van der Waals surface area contributed by atoms with Crippen molar-refractivity contribution in [2.24, 2.45) is 0 Å². The van der Waals surface area contributed by atoms with Gasteiger partial charge >= 0.3 is 0 Å². The third-order valence-electron chi connectivity index (χ3n) is 5.52. The molecule has 0 fully saturated rings. The van der Waals surface area contributed by atoms with Crippen LogP contribution in [0.4, 0.5) is 11.6 Å². The summed E-state index contributed by atoms with van der Waals surface area (Å²) in [6, 6.07) is 13.6. The van der Waals surface area contributed by atoms with Crippen LogP contribution in [0.15, 0.2) is 62.2 Å². The van der Waals surface area contributed by atoms with E-state index in [1.807, 2.05) is 18.2 Å². The molecule has 0 aliphatic heterocycles. The second kappa shape index (κ2) is 7.62. The number of benzene rings is 2. The Bertz CT molecular complexity index is 1730. The molecule has 0 unspecified atom stereocenters. The number of fused-ring (bicyclic) bond motifs is 2. The highest BCUT2D eigenvalue weighted by Gasteiger charge is 2.23. The topological polar surface area (TPSA) is 170 Å². The van der Waals surface area contributed by atoms with E-state index in [2.05, 4.69) is 5.10 Å². The van der Waals surface area contributed by atoms with Crippen LogP contribution >= 0.6 is 0 Å². The van der Waals surface area contributed by atoms with E-state index in [-0.39, 0.29) is 61.8 Å². The van der Waals surface area contributed by atoms with E-state index in [9.17, 15) is 4.79 Å². The highest BCUT2D eigenvalue weighted by atomic mass is 16.5. The monoisotopic (exact) mass is 456 g/mol. The first-order chi connectivity index (χ1) is 16.3. The van der Waals surface area contributed by atoms with Crippen LogP contribution in [-0.2, 0) is 0 Å². The summed E-state index contributed by atoms with van der Waals surface area (Å²) in [5, 5.41) is 22.1. The molecule has 34 heavy (non-hydrogen) atoms. The van der Waals surface area contributed by atoms with Crippen molar-refractivity contribution in [2.75, 3.05) is 18.6 Å².